The lowest BCUT2D eigenvalue weighted by molar-refractivity contribution is -0.121. The number of para-hydroxylation sites is 1. The first-order valence-corrected chi connectivity index (χ1v) is 9.28. The molecule has 1 heterocycles. The van der Waals surface area contributed by atoms with Crippen molar-refractivity contribution in [2.45, 2.75) is 23.6 Å². The van der Waals surface area contributed by atoms with E-state index in [0.29, 0.717) is 6.42 Å². The van der Waals surface area contributed by atoms with Crippen LogP contribution in [0, 0.1) is 0 Å². The number of amides is 1. The minimum absolute atomic E-state index is 0.153. The van der Waals surface area contributed by atoms with Crippen LogP contribution in [-0.4, -0.2) is 26.5 Å². The zero-order valence-corrected chi connectivity index (χ0v) is 14.2. The van der Waals surface area contributed by atoms with Crippen molar-refractivity contribution in [1.82, 2.24) is 10.0 Å². The van der Waals surface area contributed by atoms with Crippen molar-refractivity contribution in [1.29, 1.82) is 0 Å². The monoisotopic (exact) mass is 354 g/mol. The fourth-order valence-corrected chi connectivity index (χ4v) is 4.08. The van der Waals surface area contributed by atoms with E-state index in [1.165, 1.54) is 13.1 Å². The van der Waals surface area contributed by atoms with Gasteiger partial charge in [0.2, 0.25) is 15.9 Å². The van der Waals surface area contributed by atoms with E-state index < -0.39 is 10.0 Å². The molecule has 8 heteroatoms. The van der Waals surface area contributed by atoms with Crippen LogP contribution in [0.3, 0.4) is 0 Å². The maximum absolute atomic E-state index is 11.8. The second kappa shape index (κ2) is 7.58. The molecule has 1 aromatic carbocycles. The first-order valence-electron chi connectivity index (χ1n) is 6.98. The Morgan fingerprint density at radius 2 is 1.96 bits per heavy atom. The molecule has 2 rings (SSSR count). The molecule has 23 heavy (non-hydrogen) atoms. The van der Waals surface area contributed by atoms with Gasteiger partial charge in [-0.05, 0) is 37.2 Å². The number of rotatable bonds is 7. The Morgan fingerprint density at radius 1 is 1.22 bits per heavy atom. The van der Waals surface area contributed by atoms with E-state index in [1.807, 2.05) is 6.07 Å². The van der Waals surface area contributed by atoms with Crippen molar-refractivity contribution in [3.63, 3.8) is 0 Å². The molecule has 1 aromatic heterocycles. The number of benzene rings is 1. The van der Waals surface area contributed by atoms with E-state index in [0.717, 1.165) is 21.8 Å². The maximum atomic E-state index is 11.8. The van der Waals surface area contributed by atoms with E-state index >= 15 is 0 Å². The third kappa shape index (κ3) is 4.78. The number of nitrogens with one attached hydrogen (secondary N) is 2. The van der Waals surface area contributed by atoms with Crippen molar-refractivity contribution in [2.75, 3.05) is 7.05 Å². The Morgan fingerprint density at radius 3 is 2.65 bits per heavy atom. The van der Waals surface area contributed by atoms with Crippen molar-refractivity contribution >= 4 is 27.3 Å². The predicted octanol–water partition coefficient (Wildman–Crippen LogP) is 1.61. The number of hydrogen-bond acceptors (Lipinski definition) is 5. The number of thiophene rings is 1. The SMILES string of the molecule is CNS(=O)(=O)c1ccc(CNC(=O)CCc2ccccc2O)s1. The van der Waals surface area contributed by atoms with Gasteiger partial charge < -0.3 is 10.4 Å². The Kier molecular flexibility index (Phi) is 5.75. The first kappa shape index (κ1) is 17.5. The summed E-state index contributed by atoms with van der Waals surface area (Å²) in [5.74, 6) is 0.0279. The van der Waals surface area contributed by atoms with Crippen molar-refractivity contribution in [2.24, 2.45) is 0 Å². The molecule has 0 unspecified atom stereocenters. The minimum Gasteiger partial charge on any atom is -0.508 e. The molecular weight excluding hydrogens is 336 g/mol. The summed E-state index contributed by atoms with van der Waals surface area (Å²) in [4.78, 5) is 12.6. The van der Waals surface area contributed by atoms with Gasteiger partial charge in [0.25, 0.3) is 0 Å². The van der Waals surface area contributed by atoms with Gasteiger partial charge in [0.15, 0.2) is 0 Å². The summed E-state index contributed by atoms with van der Waals surface area (Å²) >= 11 is 1.12. The number of sulfonamides is 1. The highest BCUT2D eigenvalue weighted by atomic mass is 32.2. The fourth-order valence-electron chi connectivity index (χ4n) is 1.94. The van der Waals surface area contributed by atoms with Gasteiger partial charge >= 0.3 is 0 Å². The van der Waals surface area contributed by atoms with Gasteiger partial charge in [-0.1, -0.05) is 18.2 Å². The van der Waals surface area contributed by atoms with Crippen LogP contribution in [0.25, 0.3) is 0 Å². The molecule has 0 saturated carbocycles. The van der Waals surface area contributed by atoms with Crippen LogP contribution in [0.2, 0.25) is 0 Å². The molecule has 1 amide bonds. The van der Waals surface area contributed by atoms with Gasteiger partial charge in [0.05, 0.1) is 6.54 Å². The molecule has 3 N–H and O–H groups in total. The highest BCUT2D eigenvalue weighted by molar-refractivity contribution is 7.91. The number of hydrogen-bond donors (Lipinski definition) is 3. The van der Waals surface area contributed by atoms with Gasteiger partial charge in [-0.2, -0.15) is 0 Å². The minimum atomic E-state index is -3.44. The van der Waals surface area contributed by atoms with Crippen LogP contribution in [0.4, 0.5) is 0 Å². The molecule has 0 aliphatic heterocycles. The molecule has 6 nitrogen and oxygen atoms in total. The lowest BCUT2D eigenvalue weighted by atomic mass is 10.1. The summed E-state index contributed by atoms with van der Waals surface area (Å²) in [6, 6.07) is 10.1. The lowest BCUT2D eigenvalue weighted by Crippen LogP contribution is -2.22. The van der Waals surface area contributed by atoms with Crippen LogP contribution >= 0.6 is 11.3 Å². The Bertz CT molecular complexity index is 784. The Balaban J connectivity index is 1.84. The fraction of sp³-hybridized carbons (Fsp3) is 0.267. The quantitative estimate of drug-likeness (QED) is 0.704. The van der Waals surface area contributed by atoms with Crippen LogP contribution in [-0.2, 0) is 27.8 Å². The zero-order valence-electron chi connectivity index (χ0n) is 12.6. The van der Waals surface area contributed by atoms with Crippen molar-refractivity contribution in [3.8, 4) is 5.75 Å². The van der Waals surface area contributed by atoms with Crippen LogP contribution in [0.15, 0.2) is 40.6 Å². The summed E-state index contributed by atoms with van der Waals surface area (Å²) in [5.41, 5.74) is 0.723. The highest BCUT2D eigenvalue weighted by Crippen LogP contribution is 2.21. The van der Waals surface area contributed by atoms with Gasteiger partial charge in [-0.25, -0.2) is 13.1 Å². The average molecular weight is 354 g/mol. The van der Waals surface area contributed by atoms with Gasteiger partial charge in [-0.3, -0.25) is 4.79 Å². The summed E-state index contributed by atoms with van der Waals surface area (Å²) in [5, 5.41) is 12.4. The highest BCUT2D eigenvalue weighted by Gasteiger charge is 2.14. The van der Waals surface area contributed by atoms with Crippen molar-refractivity contribution < 1.29 is 18.3 Å². The number of phenolic OH excluding ortho intramolecular Hbond substituents is 1. The molecule has 0 fully saturated rings. The van der Waals surface area contributed by atoms with Crippen molar-refractivity contribution in [3.05, 3.63) is 46.8 Å². The molecule has 0 radical (unpaired) electrons. The van der Waals surface area contributed by atoms with Gasteiger partial charge in [0.1, 0.15) is 9.96 Å². The van der Waals surface area contributed by atoms with E-state index in [1.54, 1.807) is 24.3 Å². The predicted molar refractivity (Wildman–Crippen MR) is 88.8 cm³/mol. The average Bonchev–Trinajstić information content (AvgIpc) is 3.02. The zero-order chi connectivity index (χ0) is 16.9. The number of phenols is 1. The van der Waals surface area contributed by atoms with E-state index in [9.17, 15) is 18.3 Å². The summed E-state index contributed by atoms with van der Waals surface area (Å²) in [6.45, 7) is 0.281. The Hall–Kier alpha value is -1.90. The number of aromatic hydroxyl groups is 1. The Labute approximate surface area is 139 Å². The molecular formula is C15H18N2O4S2. The van der Waals surface area contributed by atoms with Crippen LogP contribution in [0.5, 0.6) is 5.75 Å². The smallest absolute Gasteiger partial charge is 0.249 e. The van der Waals surface area contributed by atoms with Crippen LogP contribution in [0.1, 0.15) is 16.9 Å². The standard InChI is InChI=1S/C15H18N2O4S2/c1-16-23(20,21)15-9-7-12(22-15)10-17-14(19)8-6-11-4-2-3-5-13(11)18/h2-5,7,9,16,18H,6,8,10H2,1H3,(H,17,19). The van der Waals surface area contributed by atoms with Gasteiger partial charge in [-0.15, -0.1) is 11.3 Å². The first-order chi connectivity index (χ1) is 10.9. The molecule has 2 aromatic rings. The van der Waals surface area contributed by atoms with E-state index in [-0.39, 0.29) is 28.8 Å². The largest absolute Gasteiger partial charge is 0.508 e. The third-order valence-electron chi connectivity index (χ3n) is 3.24. The third-order valence-corrected chi connectivity index (χ3v) is 6.23. The molecule has 0 aliphatic carbocycles. The number of carbonyl (C=O) groups excluding carboxylic acids is 1. The number of carbonyl (C=O) groups is 1. The van der Waals surface area contributed by atoms with E-state index in [4.69, 9.17) is 0 Å². The van der Waals surface area contributed by atoms with E-state index in [2.05, 4.69) is 10.0 Å². The summed E-state index contributed by atoms with van der Waals surface area (Å²) < 4.78 is 25.7. The van der Waals surface area contributed by atoms with Gasteiger partial charge in [0, 0.05) is 11.3 Å². The second-order valence-corrected chi connectivity index (χ2v) is 8.12. The molecule has 0 aliphatic rings. The topological polar surface area (TPSA) is 95.5 Å². The second-order valence-electron chi connectivity index (χ2n) is 4.83. The molecule has 0 atom stereocenters. The molecule has 0 spiro atoms. The number of aryl methyl sites for hydroxylation is 1. The summed E-state index contributed by atoms with van der Waals surface area (Å²) in [6.07, 6.45) is 0.701. The maximum Gasteiger partial charge on any atom is 0.249 e. The lowest BCUT2D eigenvalue weighted by Gasteiger charge is -2.05. The van der Waals surface area contributed by atoms with Crippen LogP contribution < -0.4 is 10.0 Å². The molecule has 0 saturated heterocycles. The molecule has 124 valence electrons. The molecule has 0 bridgehead atoms. The normalized spacial score (nSPS) is 11.3. The summed E-state index contributed by atoms with van der Waals surface area (Å²) in [7, 11) is -2.08.